The summed E-state index contributed by atoms with van der Waals surface area (Å²) in [6.45, 7) is 4.61. The molecule has 0 bridgehead atoms. The smallest absolute Gasteiger partial charge is 0.308 e. The average Bonchev–Trinajstić information content (AvgIpc) is 2.56. The van der Waals surface area contributed by atoms with Gasteiger partial charge in [-0.15, -0.1) is 0 Å². The molecule has 25 heavy (non-hydrogen) atoms. The molecule has 9 heteroatoms. The zero-order valence-electron chi connectivity index (χ0n) is 14.3. The lowest BCUT2D eigenvalue weighted by atomic mass is 10.1. The highest BCUT2D eigenvalue weighted by molar-refractivity contribution is 5.95. The number of rotatable bonds is 10. The maximum atomic E-state index is 12.7. The number of amides is 1. The fourth-order valence-corrected chi connectivity index (χ4v) is 2.20. The number of nitrogens with zero attached hydrogens (tertiary/aromatic N) is 2. The molecule has 1 aromatic carbocycles. The fraction of sp³-hybridized carbons (Fsp3) is 0.500. The normalized spacial score (nSPS) is 11.8. The van der Waals surface area contributed by atoms with Crippen molar-refractivity contribution in [1.82, 2.24) is 4.90 Å². The minimum Gasteiger partial charge on any atom is -0.481 e. The maximum Gasteiger partial charge on any atom is 0.308 e. The van der Waals surface area contributed by atoms with Gasteiger partial charge in [-0.3, -0.25) is 19.7 Å². The van der Waals surface area contributed by atoms with Crippen molar-refractivity contribution >= 4 is 23.3 Å². The number of carboxylic acid groups (broad SMARTS) is 1. The predicted molar refractivity (Wildman–Crippen MR) is 91.3 cm³/mol. The SMILES string of the molecule is CCOCCCN(CC(C)C(=O)O)C(=O)c1ccc(N)c([N+](=O)[O-])c1. The summed E-state index contributed by atoms with van der Waals surface area (Å²) in [7, 11) is 0. The number of carbonyl (C=O) groups is 2. The Morgan fingerprint density at radius 3 is 2.68 bits per heavy atom. The lowest BCUT2D eigenvalue weighted by Gasteiger charge is -2.24. The molecular formula is C16H23N3O6. The Morgan fingerprint density at radius 2 is 2.12 bits per heavy atom. The van der Waals surface area contributed by atoms with Crippen molar-refractivity contribution in [3.8, 4) is 0 Å². The van der Waals surface area contributed by atoms with E-state index in [1.54, 1.807) is 0 Å². The first-order chi connectivity index (χ1) is 11.8. The zero-order valence-corrected chi connectivity index (χ0v) is 14.3. The molecule has 0 saturated carbocycles. The highest BCUT2D eigenvalue weighted by atomic mass is 16.6. The van der Waals surface area contributed by atoms with E-state index in [1.165, 1.54) is 24.0 Å². The average molecular weight is 353 g/mol. The van der Waals surface area contributed by atoms with E-state index in [4.69, 9.17) is 15.6 Å². The second-order valence-electron chi connectivity index (χ2n) is 5.57. The van der Waals surface area contributed by atoms with E-state index in [-0.39, 0.29) is 30.0 Å². The van der Waals surface area contributed by atoms with Crippen LogP contribution in [0, 0.1) is 16.0 Å². The Balaban J connectivity index is 2.98. The van der Waals surface area contributed by atoms with Gasteiger partial charge in [0.25, 0.3) is 11.6 Å². The first kappa shape index (κ1) is 20.4. The van der Waals surface area contributed by atoms with Gasteiger partial charge >= 0.3 is 5.97 Å². The summed E-state index contributed by atoms with van der Waals surface area (Å²) < 4.78 is 5.23. The Morgan fingerprint density at radius 1 is 1.44 bits per heavy atom. The van der Waals surface area contributed by atoms with Crippen LogP contribution in [0.25, 0.3) is 0 Å². The zero-order chi connectivity index (χ0) is 19.0. The lowest BCUT2D eigenvalue weighted by molar-refractivity contribution is -0.383. The number of ether oxygens (including phenoxy) is 1. The van der Waals surface area contributed by atoms with Crippen LogP contribution < -0.4 is 5.73 Å². The molecule has 0 aliphatic carbocycles. The molecule has 138 valence electrons. The molecule has 1 atom stereocenters. The third kappa shape index (κ3) is 6.03. The van der Waals surface area contributed by atoms with Gasteiger partial charge in [-0.25, -0.2) is 0 Å². The molecule has 0 radical (unpaired) electrons. The number of nitrogens with two attached hydrogens (primary N) is 1. The molecule has 0 fully saturated rings. The van der Waals surface area contributed by atoms with E-state index in [0.717, 1.165) is 6.07 Å². The van der Waals surface area contributed by atoms with Crippen LogP contribution in [0.15, 0.2) is 18.2 Å². The van der Waals surface area contributed by atoms with Gasteiger partial charge in [0.2, 0.25) is 0 Å². The molecular weight excluding hydrogens is 330 g/mol. The van der Waals surface area contributed by atoms with Crippen LogP contribution in [0.2, 0.25) is 0 Å². The molecule has 0 aliphatic rings. The second kappa shape index (κ2) is 9.58. The summed E-state index contributed by atoms with van der Waals surface area (Å²) in [6.07, 6.45) is 0.531. The van der Waals surface area contributed by atoms with E-state index in [9.17, 15) is 19.7 Å². The van der Waals surface area contributed by atoms with Crippen LogP contribution >= 0.6 is 0 Å². The van der Waals surface area contributed by atoms with Gasteiger partial charge in [-0.05, 0) is 25.5 Å². The van der Waals surface area contributed by atoms with Crippen LogP contribution in [-0.2, 0) is 9.53 Å². The Labute approximate surface area is 145 Å². The maximum absolute atomic E-state index is 12.7. The number of anilines is 1. The molecule has 0 aliphatic heterocycles. The molecule has 9 nitrogen and oxygen atoms in total. The summed E-state index contributed by atoms with van der Waals surface area (Å²) in [5.41, 5.74) is 5.24. The van der Waals surface area contributed by atoms with E-state index in [2.05, 4.69) is 0 Å². The van der Waals surface area contributed by atoms with Gasteiger partial charge in [0.15, 0.2) is 0 Å². The summed E-state index contributed by atoms with van der Waals surface area (Å²) in [6, 6.07) is 3.80. The lowest BCUT2D eigenvalue weighted by Crippen LogP contribution is -2.38. The minimum absolute atomic E-state index is 0.00152. The van der Waals surface area contributed by atoms with Crippen molar-refractivity contribution in [2.75, 3.05) is 32.0 Å². The van der Waals surface area contributed by atoms with Crippen LogP contribution in [-0.4, -0.2) is 53.1 Å². The largest absolute Gasteiger partial charge is 0.481 e. The Kier molecular flexibility index (Phi) is 7.80. The molecule has 0 aromatic heterocycles. The van der Waals surface area contributed by atoms with Crippen molar-refractivity contribution < 1.29 is 24.4 Å². The number of nitro benzene ring substituents is 1. The number of nitro groups is 1. The Bertz CT molecular complexity index is 634. The van der Waals surface area contributed by atoms with Gasteiger partial charge < -0.3 is 20.5 Å². The molecule has 0 spiro atoms. The topological polar surface area (TPSA) is 136 Å². The highest BCUT2D eigenvalue weighted by Gasteiger charge is 2.23. The number of carboxylic acids is 1. The van der Waals surface area contributed by atoms with E-state index < -0.39 is 22.7 Å². The van der Waals surface area contributed by atoms with Gasteiger partial charge in [-0.1, -0.05) is 6.92 Å². The van der Waals surface area contributed by atoms with E-state index >= 15 is 0 Å². The van der Waals surface area contributed by atoms with Crippen LogP contribution in [0.1, 0.15) is 30.6 Å². The highest BCUT2D eigenvalue weighted by Crippen LogP contribution is 2.23. The van der Waals surface area contributed by atoms with E-state index in [1.807, 2.05) is 6.92 Å². The van der Waals surface area contributed by atoms with Crippen molar-refractivity contribution in [2.24, 2.45) is 5.92 Å². The van der Waals surface area contributed by atoms with Gasteiger partial charge in [0, 0.05) is 37.9 Å². The van der Waals surface area contributed by atoms with E-state index in [0.29, 0.717) is 19.6 Å². The standard InChI is InChI=1S/C16H23N3O6/c1-3-25-8-4-7-18(10-11(2)16(21)22)15(20)12-5-6-13(17)14(9-12)19(23)24/h5-6,9,11H,3-4,7-8,10,17H2,1-2H3,(H,21,22). The molecule has 1 aromatic rings. The van der Waals surface area contributed by atoms with Crippen molar-refractivity contribution in [3.05, 3.63) is 33.9 Å². The second-order valence-corrected chi connectivity index (χ2v) is 5.57. The van der Waals surface area contributed by atoms with Gasteiger partial charge in [0.1, 0.15) is 5.69 Å². The number of hydrogen-bond acceptors (Lipinski definition) is 6. The van der Waals surface area contributed by atoms with Crippen molar-refractivity contribution in [1.29, 1.82) is 0 Å². The van der Waals surface area contributed by atoms with Crippen molar-refractivity contribution in [3.63, 3.8) is 0 Å². The number of aliphatic carboxylic acids is 1. The summed E-state index contributed by atoms with van der Waals surface area (Å²) >= 11 is 0. The first-order valence-corrected chi connectivity index (χ1v) is 7.91. The molecule has 1 rings (SSSR count). The summed E-state index contributed by atoms with van der Waals surface area (Å²) in [5, 5.41) is 20.1. The first-order valence-electron chi connectivity index (χ1n) is 7.91. The third-order valence-corrected chi connectivity index (χ3v) is 3.60. The Hall–Kier alpha value is -2.68. The summed E-state index contributed by atoms with van der Waals surface area (Å²) in [4.78, 5) is 35.5. The summed E-state index contributed by atoms with van der Waals surface area (Å²) in [5.74, 6) is -2.27. The van der Waals surface area contributed by atoms with Crippen LogP contribution in [0.3, 0.4) is 0 Å². The monoisotopic (exact) mass is 353 g/mol. The fourth-order valence-electron chi connectivity index (χ4n) is 2.20. The van der Waals surface area contributed by atoms with Crippen molar-refractivity contribution in [2.45, 2.75) is 20.3 Å². The molecule has 3 N–H and O–H groups in total. The number of hydrogen-bond donors (Lipinski definition) is 2. The van der Waals surface area contributed by atoms with Crippen LogP contribution in [0.4, 0.5) is 11.4 Å². The molecule has 1 amide bonds. The number of benzene rings is 1. The third-order valence-electron chi connectivity index (χ3n) is 3.60. The predicted octanol–water partition coefficient (Wildman–Crippen LogP) is 1.77. The van der Waals surface area contributed by atoms with Gasteiger partial charge in [0.05, 0.1) is 10.8 Å². The quantitative estimate of drug-likeness (QED) is 0.283. The molecule has 1 unspecified atom stereocenters. The van der Waals surface area contributed by atoms with Gasteiger partial charge in [-0.2, -0.15) is 0 Å². The number of carbonyl (C=O) groups excluding carboxylic acids is 1. The molecule has 0 saturated heterocycles. The number of nitrogen functional groups attached to an aromatic ring is 1. The minimum atomic E-state index is -1.02. The van der Waals surface area contributed by atoms with Crippen LogP contribution in [0.5, 0.6) is 0 Å². The molecule has 0 heterocycles.